The molecule has 0 atom stereocenters. The molecule has 0 aliphatic rings. The van der Waals surface area contributed by atoms with Crippen molar-refractivity contribution in [3.8, 4) is 0 Å². The monoisotopic (exact) mass is 420 g/mol. The van der Waals surface area contributed by atoms with Crippen molar-refractivity contribution in [2.24, 2.45) is 0 Å². The maximum atomic E-state index is 2.43. The molecule has 0 heterocycles. The van der Waals surface area contributed by atoms with E-state index >= 15 is 0 Å². The number of benzene rings is 2. The summed E-state index contributed by atoms with van der Waals surface area (Å²) in [5.41, 5.74) is 3.27. The second-order valence-corrected chi connectivity index (χ2v) is 8.67. The Labute approximate surface area is 211 Å². The zero-order valence-electron chi connectivity index (χ0n) is 19.5. The van der Waals surface area contributed by atoms with Crippen LogP contribution in [-0.4, -0.2) is 37.7 Å². The van der Waals surface area contributed by atoms with E-state index < -0.39 is 0 Å². The van der Waals surface area contributed by atoms with Crippen LogP contribution in [0, 0.1) is 0 Å². The van der Waals surface area contributed by atoms with Gasteiger partial charge in [-0.05, 0) is 47.6 Å². The molecule has 158 valence electrons. The first kappa shape index (κ1) is 27.0. The molecule has 0 bridgehead atoms. The Bertz CT molecular complexity index is 646. The van der Waals surface area contributed by atoms with Gasteiger partial charge in [0.2, 0.25) is 0 Å². The Morgan fingerprint density at radius 1 is 0.517 bits per heavy atom. The summed E-state index contributed by atoms with van der Waals surface area (Å²) in [6.07, 6.45) is 22.1. The minimum atomic E-state index is 0. The first-order valence-electron chi connectivity index (χ1n) is 12.4. The zero-order valence-corrected chi connectivity index (χ0v) is 21.7. The average Bonchev–Trinajstić information content (AvgIpc) is 2.73. The topological polar surface area (TPSA) is 0 Å². The van der Waals surface area contributed by atoms with Crippen molar-refractivity contribution in [3.63, 3.8) is 0 Å². The van der Waals surface area contributed by atoms with Gasteiger partial charge in [0, 0.05) is 37.7 Å². The van der Waals surface area contributed by atoms with Gasteiger partial charge < -0.3 is 0 Å². The first-order chi connectivity index (χ1) is 13.9. The molecule has 0 saturated carbocycles. The zero-order chi connectivity index (χ0) is 19.9. The largest absolute Gasteiger partial charge is 0.0654 e. The molecule has 0 fully saturated rings. The average molecular weight is 421 g/mol. The SMILES string of the molecule is CCCCCCCCCc1ccc2ccccc2c1CCCCCCCCC.[Ca]. The van der Waals surface area contributed by atoms with Crippen molar-refractivity contribution in [3.05, 3.63) is 47.5 Å². The third-order valence-electron chi connectivity index (χ3n) is 6.22. The molecule has 0 amide bonds. The molecular weight excluding hydrogens is 376 g/mol. The molecule has 2 aromatic rings. The third-order valence-corrected chi connectivity index (χ3v) is 6.22. The van der Waals surface area contributed by atoms with Crippen molar-refractivity contribution in [1.29, 1.82) is 0 Å². The molecule has 0 aliphatic carbocycles. The molecule has 1 heteroatoms. The molecule has 29 heavy (non-hydrogen) atoms. The van der Waals surface area contributed by atoms with Crippen LogP contribution >= 0.6 is 0 Å². The number of hydrogen-bond donors (Lipinski definition) is 0. The molecule has 2 rings (SSSR count). The number of fused-ring (bicyclic) bond motifs is 1. The van der Waals surface area contributed by atoms with Gasteiger partial charge in [0.25, 0.3) is 0 Å². The van der Waals surface area contributed by atoms with E-state index in [0.717, 1.165) is 0 Å². The molecule has 2 radical (unpaired) electrons. The Morgan fingerprint density at radius 3 is 1.66 bits per heavy atom. The standard InChI is InChI=1S/C28H44.Ca/c1-3-5-7-9-11-13-15-19-25-23-24-26-20-17-18-22-28(26)27(25)21-16-14-12-10-8-6-4-2;/h17-18,20,22-24H,3-16,19,21H2,1-2H3;. The fourth-order valence-corrected chi connectivity index (χ4v) is 4.44. The van der Waals surface area contributed by atoms with E-state index in [9.17, 15) is 0 Å². The van der Waals surface area contributed by atoms with Crippen LogP contribution in [0.3, 0.4) is 0 Å². The molecule has 0 spiro atoms. The first-order valence-corrected chi connectivity index (χ1v) is 12.4. The molecule has 0 saturated heterocycles. The van der Waals surface area contributed by atoms with Crippen LogP contribution in [0.15, 0.2) is 36.4 Å². The van der Waals surface area contributed by atoms with Gasteiger partial charge in [0.05, 0.1) is 0 Å². The Balaban J connectivity index is 0.00000420. The van der Waals surface area contributed by atoms with E-state index in [1.807, 2.05) is 0 Å². The van der Waals surface area contributed by atoms with Crippen LogP contribution in [0.25, 0.3) is 10.8 Å². The second kappa shape index (κ2) is 17.6. The van der Waals surface area contributed by atoms with Crippen molar-refractivity contribution in [2.75, 3.05) is 0 Å². The van der Waals surface area contributed by atoms with Gasteiger partial charge in [-0.1, -0.05) is 127 Å². The normalized spacial score (nSPS) is 11.0. The van der Waals surface area contributed by atoms with E-state index in [2.05, 4.69) is 50.2 Å². The second-order valence-electron chi connectivity index (χ2n) is 8.67. The molecule has 0 aromatic heterocycles. The van der Waals surface area contributed by atoms with Crippen LogP contribution in [0.1, 0.15) is 115 Å². The summed E-state index contributed by atoms with van der Waals surface area (Å²) < 4.78 is 0. The number of rotatable bonds is 16. The molecule has 0 N–H and O–H groups in total. The molecule has 0 aliphatic heterocycles. The summed E-state index contributed by atoms with van der Waals surface area (Å²) in [5.74, 6) is 0. The van der Waals surface area contributed by atoms with E-state index in [1.54, 1.807) is 11.1 Å². The maximum Gasteiger partial charge on any atom is 0 e. The number of aryl methyl sites for hydroxylation is 2. The minimum absolute atomic E-state index is 0. The van der Waals surface area contributed by atoms with Crippen LogP contribution < -0.4 is 0 Å². The van der Waals surface area contributed by atoms with Crippen LogP contribution in [0.5, 0.6) is 0 Å². The van der Waals surface area contributed by atoms with E-state index in [1.165, 1.54) is 114 Å². The van der Waals surface area contributed by atoms with Gasteiger partial charge in [-0.25, -0.2) is 0 Å². The van der Waals surface area contributed by atoms with E-state index in [0.29, 0.717) is 0 Å². The summed E-state index contributed by atoms with van der Waals surface area (Å²) in [6, 6.07) is 13.8. The van der Waals surface area contributed by atoms with Crippen molar-refractivity contribution in [2.45, 2.75) is 117 Å². The van der Waals surface area contributed by atoms with Gasteiger partial charge in [-0.15, -0.1) is 0 Å². The molecular formula is C28H44Ca. The predicted molar refractivity (Wildman–Crippen MR) is 133 cm³/mol. The van der Waals surface area contributed by atoms with Gasteiger partial charge in [0.1, 0.15) is 0 Å². The maximum absolute atomic E-state index is 2.43. The Hall–Kier alpha value is -0.0403. The summed E-state index contributed by atoms with van der Waals surface area (Å²) in [7, 11) is 0. The molecule has 0 unspecified atom stereocenters. The fraction of sp³-hybridized carbons (Fsp3) is 0.643. The summed E-state index contributed by atoms with van der Waals surface area (Å²) >= 11 is 0. The Morgan fingerprint density at radius 2 is 1.03 bits per heavy atom. The predicted octanol–water partition coefficient (Wildman–Crippen LogP) is 9.05. The third kappa shape index (κ3) is 10.7. The molecule has 2 aromatic carbocycles. The number of hydrogen-bond acceptors (Lipinski definition) is 0. The van der Waals surface area contributed by atoms with Crippen molar-refractivity contribution >= 4 is 48.5 Å². The summed E-state index contributed by atoms with van der Waals surface area (Å²) in [5, 5.41) is 2.93. The Kier molecular flexibility index (Phi) is 16.4. The smallest absolute Gasteiger partial charge is 0 e. The van der Waals surface area contributed by atoms with Crippen LogP contribution in [0.4, 0.5) is 0 Å². The fourth-order valence-electron chi connectivity index (χ4n) is 4.44. The van der Waals surface area contributed by atoms with Crippen molar-refractivity contribution in [1.82, 2.24) is 0 Å². The van der Waals surface area contributed by atoms with Gasteiger partial charge >= 0.3 is 0 Å². The van der Waals surface area contributed by atoms with Crippen LogP contribution in [0.2, 0.25) is 0 Å². The quantitative estimate of drug-likeness (QED) is 0.188. The van der Waals surface area contributed by atoms with Gasteiger partial charge in [0.15, 0.2) is 0 Å². The van der Waals surface area contributed by atoms with Gasteiger partial charge in [-0.3, -0.25) is 0 Å². The van der Waals surface area contributed by atoms with Crippen molar-refractivity contribution < 1.29 is 0 Å². The minimum Gasteiger partial charge on any atom is -0.0654 e. The molecule has 0 nitrogen and oxygen atoms in total. The summed E-state index contributed by atoms with van der Waals surface area (Å²) in [4.78, 5) is 0. The summed E-state index contributed by atoms with van der Waals surface area (Å²) in [6.45, 7) is 4.60. The van der Waals surface area contributed by atoms with Gasteiger partial charge in [-0.2, -0.15) is 0 Å². The van der Waals surface area contributed by atoms with Crippen LogP contribution in [-0.2, 0) is 12.8 Å². The number of unbranched alkanes of at least 4 members (excludes halogenated alkanes) is 12. The van der Waals surface area contributed by atoms with E-state index in [4.69, 9.17) is 0 Å². The van der Waals surface area contributed by atoms with E-state index in [-0.39, 0.29) is 37.7 Å².